The van der Waals surface area contributed by atoms with Crippen molar-refractivity contribution in [3.63, 3.8) is 0 Å². The molecule has 8 nitrogen and oxygen atoms in total. The monoisotopic (exact) mass is 493 g/mol. The molecule has 2 aromatic heterocycles. The standard InChI is InChI=1S/C29H27N5O3/c1-3-27(35)33-15-7-8-20(18-33)34-25-17-26-24(29(30-2)32-37-26)16-23(25)28(31-34)19-11-13-22(14-12-19)36-21-9-5-4-6-10-21/h3-6,9-14,16-17,20H,1,7-8,15,18H2,2H3,(H,30,32). The van der Waals surface area contributed by atoms with E-state index in [1.165, 1.54) is 6.08 Å². The van der Waals surface area contributed by atoms with Crippen molar-refractivity contribution in [1.82, 2.24) is 19.8 Å². The molecule has 1 fully saturated rings. The van der Waals surface area contributed by atoms with Gasteiger partial charge in [0.05, 0.1) is 16.9 Å². The number of aromatic nitrogens is 3. The van der Waals surface area contributed by atoms with Crippen LogP contribution in [0.15, 0.2) is 83.9 Å². The molecule has 0 saturated carbocycles. The molecule has 37 heavy (non-hydrogen) atoms. The summed E-state index contributed by atoms with van der Waals surface area (Å²) in [5, 5.41) is 14.3. The predicted molar refractivity (Wildman–Crippen MR) is 144 cm³/mol. The number of rotatable bonds is 6. The minimum absolute atomic E-state index is 0.0405. The van der Waals surface area contributed by atoms with Crippen LogP contribution in [-0.4, -0.2) is 45.9 Å². The number of hydrogen-bond donors (Lipinski definition) is 1. The molecule has 0 bridgehead atoms. The number of amides is 1. The second kappa shape index (κ2) is 9.46. The number of likely N-dealkylation sites (tertiary alicyclic amines) is 1. The molecular weight excluding hydrogens is 466 g/mol. The second-order valence-electron chi connectivity index (χ2n) is 9.16. The maximum atomic E-state index is 12.3. The molecule has 6 rings (SSSR count). The van der Waals surface area contributed by atoms with Crippen LogP contribution in [0.4, 0.5) is 5.82 Å². The van der Waals surface area contributed by atoms with Crippen LogP contribution in [0.25, 0.3) is 33.1 Å². The highest BCUT2D eigenvalue weighted by Gasteiger charge is 2.27. The van der Waals surface area contributed by atoms with Gasteiger partial charge in [0.2, 0.25) is 5.91 Å². The first-order valence-corrected chi connectivity index (χ1v) is 12.4. The van der Waals surface area contributed by atoms with E-state index in [2.05, 4.69) is 23.1 Å². The van der Waals surface area contributed by atoms with Crippen LogP contribution in [0.3, 0.4) is 0 Å². The molecule has 1 atom stereocenters. The van der Waals surface area contributed by atoms with E-state index in [9.17, 15) is 4.79 Å². The molecule has 1 amide bonds. The highest BCUT2D eigenvalue weighted by molar-refractivity contribution is 6.04. The van der Waals surface area contributed by atoms with Crippen LogP contribution >= 0.6 is 0 Å². The van der Waals surface area contributed by atoms with Gasteiger partial charge in [-0.05, 0) is 61.4 Å². The molecule has 1 unspecified atom stereocenters. The number of piperidine rings is 1. The minimum Gasteiger partial charge on any atom is -0.457 e. The molecule has 3 aromatic carbocycles. The number of fused-ring (bicyclic) bond motifs is 2. The number of benzene rings is 3. The normalized spacial score (nSPS) is 15.7. The number of anilines is 1. The molecule has 8 heteroatoms. The summed E-state index contributed by atoms with van der Waals surface area (Å²) < 4.78 is 13.6. The molecule has 1 N–H and O–H groups in total. The van der Waals surface area contributed by atoms with Gasteiger partial charge in [0.15, 0.2) is 11.4 Å². The predicted octanol–water partition coefficient (Wildman–Crippen LogP) is 6.03. The lowest BCUT2D eigenvalue weighted by Crippen LogP contribution is -2.40. The van der Waals surface area contributed by atoms with E-state index in [-0.39, 0.29) is 11.9 Å². The molecule has 3 heterocycles. The molecule has 0 spiro atoms. The summed E-state index contributed by atoms with van der Waals surface area (Å²) in [7, 11) is 1.82. The highest BCUT2D eigenvalue weighted by Crippen LogP contribution is 2.37. The maximum absolute atomic E-state index is 12.3. The average molecular weight is 494 g/mol. The van der Waals surface area contributed by atoms with E-state index >= 15 is 0 Å². The topological polar surface area (TPSA) is 85.4 Å². The number of para-hydroxylation sites is 1. The minimum atomic E-state index is -0.0494. The van der Waals surface area contributed by atoms with E-state index in [0.29, 0.717) is 17.9 Å². The molecule has 5 aromatic rings. The summed E-state index contributed by atoms with van der Waals surface area (Å²) in [4.78, 5) is 14.2. The Hall–Kier alpha value is -4.59. The van der Waals surface area contributed by atoms with Crippen molar-refractivity contribution in [2.75, 3.05) is 25.5 Å². The third-order valence-corrected chi connectivity index (χ3v) is 6.87. The summed E-state index contributed by atoms with van der Waals surface area (Å²) in [5.41, 5.74) is 3.47. The maximum Gasteiger partial charge on any atom is 0.246 e. The molecular formula is C29H27N5O3. The summed E-state index contributed by atoms with van der Waals surface area (Å²) in [6, 6.07) is 21.8. The van der Waals surface area contributed by atoms with Crippen LogP contribution in [0.1, 0.15) is 18.9 Å². The first kappa shape index (κ1) is 22.8. The van der Waals surface area contributed by atoms with Crippen molar-refractivity contribution in [1.29, 1.82) is 0 Å². The number of nitrogens with zero attached hydrogens (tertiary/aromatic N) is 4. The number of carbonyl (C=O) groups excluding carboxylic acids is 1. The fourth-order valence-electron chi connectivity index (χ4n) is 5.03. The van der Waals surface area contributed by atoms with E-state index < -0.39 is 0 Å². The fourth-order valence-corrected chi connectivity index (χ4v) is 5.03. The van der Waals surface area contributed by atoms with Gasteiger partial charge < -0.3 is 19.5 Å². The summed E-state index contributed by atoms with van der Waals surface area (Å²) in [5.74, 6) is 2.17. The van der Waals surface area contributed by atoms with E-state index in [1.807, 2.05) is 77.3 Å². The molecule has 1 aliphatic heterocycles. The van der Waals surface area contributed by atoms with E-state index in [4.69, 9.17) is 14.4 Å². The largest absolute Gasteiger partial charge is 0.457 e. The van der Waals surface area contributed by atoms with Crippen LogP contribution < -0.4 is 10.1 Å². The second-order valence-corrected chi connectivity index (χ2v) is 9.16. The molecule has 186 valence electrons. The lowest BCUT2D eigenvalue weighted by Gasteiger charge is -2.32. The van der Waals surface area contributed by atoms with Gasteiger partial charge in [-0.3, -0.25) is 9.48 Å². The van der Waals surface area contributed by atoms with Crippen molar-refractivity contribution in [2.45, 2.75) is 18.9 Å². The lowest BCUT2D eigenvalue weighted by atomic mass is 10.0. The Labute approximate surface area is 214 Å². The quantitative estimate of drug-likeness (QED) is 0.291. The number of ether oxygens (including phenoxy) is 1. The third-order valence-electron chi connectivity index (χ3n) is 6.87. The van der Waals surface area contributed by atoms with Crippen molar-refractivity contribution in [3.05, 3.63) is 79.4 Å². The summed E-state index contributed by atoms with van der Waals surface area (Å²) >= 11 is 0. The van der Waals surface area contributed by atoms with Gasteiger partial charge >= 0.3 is 0 Å². The van der Waals surface area contributed by atoms with Gasteiger partial charge in [-0.25, -0.2) is 0 Å². The molecule has 0 radical (unpaired) electrons. The highest BCUT2D eigenvalue weighted by atomic mass is 16.5. The number of nitrogens with one attached hydrogen (secondary N) is 1. The summed E-state index contributed by atoms with van der Waals surface area (Å²) in [6.07, 6.45) is 3.21. The smallest absolute Gasteiger partial charge is 0.246 e. The Morgan fingerprint density at radius 2 is 1.89 bits per heavy atom. The zero-order valence-corrected chi connectivity index (χ0v) is 20.6. The number of hydrogen-bond acceptors (Lipinski definition) is 6. The van der Waals surface area contributed by atoms with E-state index in [0.717, 1.165) is 58.4 Å². The van der Waals surface area contributed by atoms with Crippen LogP contribution in [0.2, 0.25) is 0 Å². The third kappa shape index (κ3) is 4.20. The first-order chi connectivity index (χ1) is 18.1. The van der Waals surface area contributed by atoms with Gasteiger partial charge in [-0.1, -0.05) is 29.9 Å². The van der Waals surface area contributed by atoms with Gasteiger partial charge in [0.25, 0.3) is 0 Å². The van der Waals surface area contributed by atoms with Crippen molar-refractivity contribution < 1.29 is 14.1 Å². The Bertz CT molecular complexity index is 1590. The Morgan fingerprint density at radius 3 is 2.65 bits per heavy atom. The average Bonchev–Trinajstić information content (AvgIpc) is 3.53. The van der Waals surface area contributed by atoms with Gasteiger partial charge in [0, 0.05) is 37.2 Å². The molecule has 1 aliphatic rings. The van der Waals surface area contributed by atoms with Gasteiger partial charge in [0.1, 0.15) is 17.2 Å². The van der Waals surface area contributed by atoms with E-state index in [1.54, 1.807) is 0 Å². The Balaban J connectivity index is 1.43. The van der Waals surface area contributed by atoms with Crippen molar-refractivity contribution in [3.8, 4) is 22.8 Å². The fraction of sp³-hybridized carbons (Fsp3) is 0.207. The zero-order valence-electron chi connectivity index (χ0n) is 20.6. The lowest BCUT2D eigenvalue weighted by molar-refractivity contribution is -0.127. The SMILES string of the molecule is C=CC(=O)N1CCCC(n2nc(-c3ccc(Oc4ccccc4)cc3)c3cc4c(NC)noc4cc32)C1. The van der Waals surface area contributed by atoms with Crippen molar-refractivity contribution in [2.24, 2.45) is 0 Å². The summed E-state index contributed by atoms with van der Waals surface area (Å²) in [6.45, 7) is 4.97. The molecule has 0 aliphatic carbocycles. The van der Waals surface area contributed by atoms with Crippen LogP contribution in [-0.2, 0) is 4.79 Å². The van der Waals surface area contributed by atoms with Gasteiger partial charge in [-0.2, -0.15) is 5.10 Å². The Kier molecular flexibility index (Phi) is 5.84. The zero-order chi connectivity index (χ0) is 25.4. The van der Waals surface area contributed by atoms with Crippen LogP contribution in [0.5, 0.6) is 11.5 Å². The van der Waals surface area contributed by atoms with Crippen molar-refractivity contribution >= 4 is 33.6 Å². The Morgan fingerprint density at radius 1 is 1.11 bits per heavy atom. The molecule has 1 saturated heterocycles. The number of carbonyl (C=O) groups is 1. The van der Waals surface area contributed by atoms with Gasteiger partial charge in [-0.15, -0.1) is 0 Å². The first-order valence-electron chi connectivity index (χ1n) is 12.4. The van der Waals surface area contributed by atoms with Crippen LogP contribution in [0, 0.1) is 0 Å².